The van der Waals surface area contributed by atoms with Crippen LogP contribution in [-0.4, -0.2) is 40.0 Å². The molecular formula is C18H22N2O5S2. The first kappa shape index (κ1) is 21.1. The fourth-order valence-corrected chi connectivity index (χ4v) is 5.01. The first-order chi connectivity index (χ1) is 12.6. The highest BCUT2D eigenvalue weighted by Gasteiger charge is 2.22. The third kappa shape index (κ3) is 4.74. The normalized spacial score (nSPS) is 12.1. The van der Waals surface area contributed by atoms with Gasteiger partial charge in [0.25, 0.3) is 10.0 Å². The lowest BCUT2D eigenvalue weighted by atomic mass is 10.1. The molecule has 27 heavy (non-hydrogen) atoms. The molecule has 2 rings (SSSR count). The highest BCUT2D eigenvalue weighted by molar-refractivity contribution is 7.92. The van der Waals surface area contributed by atoms with E-state index in [0.29, 0.717) is 24.3 Å². The summed E-state index contributed by atoms with van der Waals surface area (Å²) in [5, 5.41) is 0. The van der Waals surface area contributed by atoms with Gasteiger partial charge in [-0.3, -0.25) is 9.52 Å². The van der Waals surface area contributed by atoms with Crippen molar-refractivity contribution < 1.29 is 21.6 Å². The van der Waals surface area contributed by atoms with E-state index >= 15 is 0 Å². The summed E-state index contributed by atoms with van der Waals surface area (Å²) in [5.41, 5.74) is 0.781. The van der Waals surface area contributed by atoms with Crippen LogP contribution in [0, 0.1) is 0 Å². The van der Waals surface area contributed by atoms with Crippen LogP contribution in [0.3, 0.4) is 0 Å². The van der Waals surface area contributed by atoms with Crippen molar-refractivity contribution in [3.63, 3.8) is 0 Å². The SMILES string of the molecule is CCN(CC)S(=O)(=O)c1ccc(S(=O)(=O)Nc2ccc(C(C)=O)cc2)cc1. The molecule has 0 aliphatic rings. The van der Waals surface area contributed by atoms with Crippen LogP contribution in [0.15, 0.2) is 58.3 Å². The summed E-state index contributed by atoms with van der Waals surface area (Å²) in [4.78, 5) is 11.3. The first-order valence-corrected chi connectivity index (χ1v) is 11.3. The molecule has 0 bridgehead atoms. The summed E-state index contributed by atoms with van der Waals surface area (Å²) < 4.78 is 53.6. The molecule has 0 aromatic heterocycles. The monoisotopic (exact) mass is 410 g/mol. The summed E-state index contributed by atoms with van der Waals surface area (Å²) in [6.45, 7) is 5.56. The first-order valence-electron chi connectivity index (χ1n) is 8.36. The molecule has 0 atom stereocenters. The maximum Gasteiger partial charge on any atom is 0.261 e. The summed E-state index contributed by atoms with van der Waals surface area (Å²) in [6.07, 6.45) is 0. The molecule has 2 aromatic rings. The highest BCUT2D eigenvalue weighted by Crippen LogP contribution is 2.21. The maximum absolute atomic E-state index is 12.5. The van der Waals surface area contributed by atoms with Gasteiger partial charge in [-0.1, -0.05) is 13.8 Å². The molecule has 0 saturated carbocycles. The van der Waals surface area contributed by atoms with Crippen molar-refractivity contribution in [3.8, 4) is 0 Å². The van der Waals surface area contributed by atoms with Gasteiger partial charge in [0.15, 0.2) is 5.78 Å². The Balaban J connectivity index is 2.26. The van der Waals surface area contributed by atoms with Gasteiger partial charge in [0.05, 0.1) is 9.79 Å². The summed E-state index contributed by atoms with van der Waals surface area (Å²) in [7, 11) is -7.53. The number of ketones is 1. The van der Waals surface area contributed by atoms with Crippen molar-refractivity contribution in [2.75, 3.05) is 17.8 Å². The van der Waals surface area contributed by atoms with E-state index in [1.54, 1.807) is 13.8 Å². The largest absolute Gasteiger partial charge is 0.295 e. The van der Waals surface area contributed by atoms with E-state index in [-0.39, 0.29) is 15.6 Å². The zero-order chi connectivity index (χ0) is 20.2. The second-order valence-corrected chi connectivity index (χ2v) is 9.42. The van der Waals surface area contributed by atoms with Crippen molar-refractivity contribution >= 4 is 31.5 Å². The van der Waals surface area contributed by atoms with E-state index in [2.05, 4.69) is 4.72 Å². The van der Waals surface area contributed by atoms with Crippen LogP contribution in [-0.2, 0) is 20.0 Å². The molecule has 0 aliphatic heterocycles. The number of benzene rings is 2. The molecule has 0 radical (unpaired) electrons. The van der Waals surface area contributed by atoms with Gasteiger partial charge < -0.3 is 0 Å². The lowest BCUT2D eigenvalue weighted by Gasteiger charge is -2.18. The standard InChI is InChI=1S/C18H22N2O5S2/c1-4-20(5-2)27(24,25)18-12-10-17(11-13-18)26(22,23)19-16-8-6-15(7-9-16)14(3)21/h6-13,19H,4-5H2,1-3H3. The molecule has 0 spiro atoms. The van der Waals surface area contributed by atoms with Gasteiger partial charge in [0, 0.05) is 24.3 Å². The van der Waals surface area contributed by atoms with Crippen LogP contribution in [0.1, 0.15) is 31.1 Å². The number of sulfonamides is 2. The zero-order valence-corrected chi connectivity index (χ0v) is 17.0. The minimum atomic E-state index is -3.88. The van der Waals surface area contributed by atoms with Crippen molar-refractivity contribution in [2.24, 2.45) is 0 Å². The number of hydrogen-bond donors (Lipinski definition) is 1. The van der Waals surface area contributed by atoms with Crippen molar-refractivity contribution in [3.05, 3.63) is 54.1 Å². The third-order valence-corrected chi connectivity index (χ3v) is 7.48. The molecule has 1 N–H and O–H groups in total. The average molecular weight is 411 g/mol. The van der Waals surface area contributed by atoms with Crippen LogP contribution in [0.5, 0.6) is 0 Å². The Morgan fingerprint density at radius 1 is 0.852 bits per heavy atom. The Morgan fingerprint density at radius 3 is 1.78 bits per heavy atom. The molecular weight excluding hydrogens is 388 g/mol. The fraction of sp³-hybridized carbons (Fsp3) is 0.278. The minimum absolute atomic E-state index is 0.0379. The molecule has 146 valence electrons. The lowest BCUT2D eigenvalue weighted by Crippen LogP contribution is -2.30. The van der Waals surface area contributed by atoms with Gasteiger partial charge >= 0.3 is 0 Å². The smallest absolute Gasteiger partial charge is 0.261 e. The maximum atomic E-state index is 12.5. The Morgan fingerprint density at radius 2 is 1.33 bits per heavy atom. The van der Waals surface area contributed by atoms with Crippen LogP contribution in [0.25, 0.3) is 0 Å². The average Bonchev–Trinajstić information content (AvgIpc) is 2.62. The minimum Gasteiger partial charge on any atom is -0.295 e. The van der Waals surface area contributed by atoms with Gasteiger partial charge in [0.1, 0.15) is 0 Å². The molecule has 0 saturated heterocycles. The van der Waals surface area contributed by atoms with Gasteiger partial charge in [0.2, 0.25) is 10.0 Å². The van der Waals surface area contributed by atoms with Gasteiger partial charge in [-0.15, -0.1) is 0 Å². The number of Topliss-reactive ketones (excluding diaryl/α,β-unsaturated/α-hetero) is 1. The van der Waals surface area contributed by atoms with E-state index in [1.807, 2.05) is 0 Å². The highest BCUT2D eigenvalue weighted by atomic mass is 32.2. The predicted molar refractivity (Wildman–Crippen MR) is 104 cm³/mol. The Bertz CT molecular complexity index is 1010. The topological polar surface area (TPSA) is 101 Å². The molecule has 7 nitrogen and oxygen atoms in total. The molecule has 2 aromatic carbocycles. The molecule has 0 aliphatic carbocycles. The fourth-order valence-electron chi connectivity index (χ4n) is 2.49. The van der Waals surface area contributed by atoms with Crippen LogP contribution < -0.4 is 4.72 Å². The Kier molecular flexibility index (Phi) is 6.40. The summed E-state index contributed by atoms with van der Waals surface area (Å²) >= 11 is 0. The number of carbonyl (C=O) groups is 1. The van der Waals surface area contributed by atoms with E-state index in [9.17, 15) is 21.6 Å². The molecule has 0 fully saturated rings. The zero-order valence-electron chi connectivity index (χ0n) is 15.3. The van der Waals surface area contributed by atoms with Gasteiger partial charge in [-0.25, -0.2) is 16.8 Å². The molecule has 0 unspecified atom stereocenters. The lowest BCUT2D eigenvalue weighted by molar-refractivity contribution is 0.101. The second kappa shape index (κ2) is 8.20. The van der Waals surface area contributed by atoms with Crippen LogP contribution in [0.4, 0.5) is 5.69 Å². The number of nitrogens with one attached hydrogen (secondary N) is 1. The van der Waals surface area contributed by atoms with E-state index in [1.165, 1.54) is 59.8 Å². The quantitative estimate of drug-likeness (QED) is 0.675. The molecule has 0 heterocycles. The number of nitrogens with zero attached hydrogens (tertiary/aromatic N) is 1. The number of hydrogen-bond acceptors (Lipinski definition) is 5. The van der Waals surface area contributed by atoms with E-state index < -0.39 is 20.0 Å². The van der Waals surface area contributed by atoms with E-state index in [0.717, 1.165) is 0 Å². The second-order valence-electron chi connectivity index (χ2n) is 5.80. The summed E-state index contributed by atoms with van der Waals surface area (Å²) in [5.74, 6) is -0.116. The number of anilines is 1. The Hall–Kier alpha value is -2.23. The molecule has 0 amide bonds. The van der Waals surface area contributed by atoms with Crippen molar-refractivity contribution in [1.29, 1.82) is 0 Å². The Labute approximate surface area is 160 Å². The predicted octanol–water partition coefficient (Wildman–Crippen LogP) is 2.72. The van der Waals surface area contributed by atoms with Crippen LogP contribution in [0.2, 0.25) is 0 Å². The van der Waals surface area contributed by atoms with E-state index in [4.69, 9.17) is 0 Å². The summed E-state index contributed by atoms with van der Waals surface area (Å²) in [6, 6.07) is 11.1. The van der Waals surface area contributed by atoms with Gasteiger partial charge in [-0.05, 0) is 55.5 Å². The number of carbonyl (C=O) groups excluding carboxylic acids is 1. The van der Waals surface area contributed by atoms with Crippen molar-refractivity contribution in [1.82, 2.24) is 4.31 Å². The van der Waals surface area contributed by atoms with Crippen molar-refractivity contribution in [2.45, 2.75) is 30.6 Å². The third-order valence-electron chi connectivity index (χ3n) is 4.02. The van der Waals surface area contributed by atoms with Gasteiger partial charge in [-0.2, -0.15) is 4.31 Å². The van der Waals surface area contributed by atoms with Crippen LogP contribution >= 0.6 is 0 Å². The number of rotatable bonds is 8. The molecule has 9 heteroatoms.